The molecule has 1 saturated heterocycles. The molecule has 0 aliphatic carbocycles. The number of aryl methyl sites for hydroxylation is 1. The van der Waals surface area contributed by atoms with Crippen molar-refractivity contribution in [1.82, 2.24) is 28.7 Å². The number of anilines is 1. The number of hydrogen-bond acceptors (Lipinski definition) is 7. The number of pyridine rings is 2. The number of nitrogens with zero attached hydrogens (tertiary/aromatic N) is 7. The van der Waals surface area contributed by atoms with Crippen molar-refractivity contribution < 1.29 is 0 Å². The SMILES string of the molecule is CC#Cn1c(N2CCC[C@@H](N)C2)nc2c1c(=O)n(Cc1ccc3ncccc3n1)c(=O)n2C. The zero-order valence-electron chi connectivity index (χ0n) is 18.5. The first-order valence-electron chi connectivity index (χ1n) is 10.8. The van der Waals surface area contributed by atoms with E-state index in [-0.39, 0.29) is 18.1 Å². The second-order valence-corrected chi connectivity index (χ2v) is 8.21. The lowest BCUT2D eigenvalue weighted by atomic mass is 10.1. The third kappa shape index (κ3) is 3.56. The van der Waals surface area contributed by atoms with E-state index in [9.17, 15) is 9.59 Å². The Labute approximate surface area is 189 Å². The third-order valence-corrected chi connectivity index (χ3v) is 5.92. The molecule has 10 nitrogen and oxygen atoms in total. The molecule has 1 fully saturated rings. The highest BCUT2D eigenvalue weighted by Gasteiger charge is 2.26. The summed E-state index contributed by atoms with van der Waals surface area (Å²) in [7, 11) is 1.61. The predicted molar refractivity (Wildman–Crippen MR) is 126 cm³/mol. The monoisotopic (exact) mass is 444 g/mol. The van der Waals surface area contributed by atoms with Crippen LogP contribution < -0.4 is 21.9 Å². The second-order valence-electron chi connectivity index (χ2n) is 8.21. The van der Waals surface area contributed by atoms with Gasteiger partial charge in [-0.15, -0.1) is 0 Å². The minimum absolute atomic E-state index is 0.0237. The van der Waals surface area contributed by atoms with E-state index in [1.165, 1.54) is 9.13 Å². The Balaban J connectivity index is 1.68. The number of piperidine rings is 1. The van der Waals surface area contributed by atoms with E-state index in [2.05, 4.69) is 26.9 Å². The van der Waals surface area contributed by atoms with Crippen molar-refractivity contribution in [1.29, 1.82) is 0 Å². The average molecular weight is 444 g/mol. The Morgan fingerprint density at radius 1 is 1.18 bits per heavy atom. The number of rotatable bonds is 3. The molecule has 10 heteroatoms. The maximum Gasteiger partial charge on any atom is 0.332 e. The Bertz CT molecular complexity index is 1550. The van der Waals surface area contributed by atoms with Gasteiger partial charge in [0.05, 0.1) is 23.3 Å². The maximum absolute atomic E-state index is 13.6. The highest BCUT2D eigenvalue weighted by Crippen LogP contribution is 2.22. The Morgan fingerprint density at radius 3 is 2.82 bits per heavy atom. The normalized spacial score (nSPS) is 16.2. The molecule has 1 atom stereocenters. The van der Waals surface area contributed by atoms with Crippen LogP contribution in [0, 0.1) is 12.0 Å². The molecule has 0 radical (unpaired) electrons. The van der Waals surface area contributed by atoms with Crippen molar-refractivity contribution >= 4 is 28.1 Å². The third-order valence-electron chi connectivity index (χ3n) is 5.92. The Morgan fingerprint density at radius 2 is 2.03 bits per heavy atom. The van der Waals surface area contributed by atoms with E-state index >= 15 is 0 Å². The summed E-state index contributed by atoms with van der Waals surface area (Å²) < 4.78 is 4.15. The van der Waals surface area contributed by atoms with Crippen LogP contribution in [0.1, 0.15) is 25.5 Å². The second kappa shape index (κ2) is 8.18. The van der Waals surface area contributed by atoms with Crippen molar-refractivity contribution in [2.45, 2.75) is 32.4 Å². The maximum atomic E-state index is 13.6. The van der Waals surface area contributed by atoms with Crippen LogP contribution in [0.2, 0.25) is 0 Å². The number of hydrogen-bond donors (Lipinski definition) is 1. The Kier molecular flexibility index (Phi) is 5.18. The molecule has 4 aromatic heterocycles. The van der Waals surface area contributed by atoms with Crippen molar-refractivity contribution in [3.63, 3.8) is 0 Å². The van der Waals surface area contributed by atoms with Gasteiger partial charge < -0.3 is 10.6 Å². The van der Waals surface area contributed by atoms with Gasteiger partial charge in [0.1, 0.15) is 0 Å². The van der Waals surface area contributed by atoms with Crippen LogP contribution in [0.5, 0.6) is 0 Å². The van der Waals surface area contributed by atoms with Crippen LogP contribution in [0.3, 0.4) is 0 Å². The molecule has 0 spiro atoms. The van der Waals surface area contributed by atoms with Gasteiger partial charge in [-0.25, -0.2) is 14.3 Å². The van der Waals surface area contributed by atoms with E-state index in [0.29, 0.717) is 29.4 Å². The highest BCUT2D eigenvalue weighted by atomic mass is 16.2. The summed E-state index contributed by atoms with van der Waals surface area (Å²) in [6.07, 6.45) is 3.56. The molecule has 33 heavy (non-hydrogen) atoms. The standard InChI is InChI=1S/C23H24N8O2/c1-3-11-30-19-20(27-22(30)29-12-5-6-15(24)13-29)28(2)23(33)31(21(19)32)14-16-8-9-17-18(26-16)7-4-10-25-17/h4,7-10,15H,5-6,12-14,24H2,1-2H3/t15-/m1/s1. The lowest BCUT2D eigenvalue weighted by Crippen LogP contribution is -2.43. The fourth-order valence-corrected chi connectivity index (χ4v) is 4.32. The molecule has 5 rings (SSSR count). The molecule has 2 N–H and O–H groups in total. The molecule has 1 aliphatic rings. The van der Waals surface area contributed by atoms with Crippen molar-refractivity contribution in [3.8, 4) is 12.0 Å². The van der Waals surface area contributed by atoms with Crippen LogP contribution in [0.4, 0.5) is 5.95 Å². The first-order valence-corrected chi connectivity index (χ1v) is 10.8. The van der Waals surface area contributed by atoms with Gasteiger partial charge in [-0.05, 0) is 44.0 Å². The first kappa shape index (κ1) is 20.9. The van der Waals surface area contributed by atoms with Gasteiger partial charge >= 0.3 is 5.69 Å². The summed E-state index contributed by atoms with van der Waals surface area (Å²) in [5.41, 5.74) is 7.85. The minimum Gasteiger partial charge on any atom is -0.340 e. The van der Waals surface area contributed by atoms with Gasteiger partial charge in [0.25, 0.3) is 5.56 Å². The van der Waals surface area contributed by atoms with Gasteiger partial charge in [0, 0.05) is 38.4 Å². The van der Waals surface area contributed by atoms with Crippen LogP contribution in [0.25, 0.3) is 22.2 Å². The van der Waals surface area contributed by atoms with Crippen molar-refractivity contribution in [2.24, 2.45) is 12.8 Å². The largest absolute Gasteiger partial charge is 0.340 e. The van der Waals surface area contributed by atoms with E-state index in [4.69, 9.17) is 5.73 Å². The lowest BCUT2D eigenvalue weighted by molar-refractivity contribution is 0.499. The Hall–Kier alpha value is -3.97. The lowest BCUT2D eigenvalue weighted by Gasteiger charge is -2.31. The van der Waals surface area contributed by atoms with E-state index in [0.717, 1.165) is 24.9 Å². The summed E-state index contributed by atoms with van der Waals surface area (Å²) in [4.78, 5) is 42.2. The van der Waals surface area contributed by atoms with Gasteiger partial charge in [-0.2, -0.15) is 4.98 Å². The topological polar surface area (TPSA) is 117 Å². The average Bonchev–Trinajstić information content (AvgIpc) is 3.20. The molecule has 0 amide bonds. The number of nitrogens with two attached hydrogens (primary N) is 1. The molecule has 1 aliphatic heterocycles. The number of aromatic nitrogens is 6. The molecule has 5 heterocycles. The van der Waals surface area contributed by atoms with Crippen LogP contribution >= 0.6 is 0 Å². The fourth-order valence-electron chi connectivity index (χ4n) is 4.32. The molecule has 4 aromatic rings. The smallest absolute Gasteiger partial charge is 0.332 e. The summed E-state index contributed by atoms with van der Waals surface area (Å²) in [6.45, 7) is 3.11. The van der Waals surface area contributed by atoms with Crippen LogP contribution in [-0.2, 0) is 13.6 Å². The van der Waals surface area contributed by atoms with Gasteiger partial charge in [0.2, 0.25) is 5.95 Å². The van der Waals surface area contributed by atoms with Gasteiger partial charge in [0.15, 0.2) is 11.2 Å². The molecular weight excluding hydrogens is 420 g/mol. The summed E-state index contributed by atoms with van der Waals surface area (Å²) >= 11 is 0. The zero-order chi connectivity index (χ0) is 23.1. The number of fused-ring (bicyclic) bond motifs is 2. The highest BCUT2D eigenvalue weighted by molar-refractivity contribution is 5.76. The predicted octanol–water partition coefficient (Wildman–Crippen LogP) is 0.645. The molecule has 0 bridgehead atoms. The van der Waals surface area contributed by atoms with E-state index in [1.807, 2.05) is 17.0 Å². The molecular formula is C23H24N8O2. The quantitative estimate of drug-likeness (QED) is 0.461. The van der Waals surface area contributed by atoms with E-state index < -0.39 is 11.2 Å². The van der Waals surface area contributed by atoms with Crippen LogP contribution in [-0.4, -0.2) is 47.8 Å². The van der Waals surface area contributed by atoms with E-state index in [1.54, 1.807) is 36.9 Å². The fraction of sp³-hybridized carbons (Fsp3) is 0.348. The summed E-state index contributed by atoms with van der Waals surface area (Å²) in [5, 5.41) is 0. The van der Waals surface area contributed by atoms with Crippen molar-refractivity contribution in [2.75, 3.05) is 18.0 Å². The zero-order valence-corrected chi connectivity index (χ0v) is 18.5. The minimum atomic E-state index is -0.461. The van der Waals surface area contributed by atoms with Gasteiger partial charge in [-0.1, -0.05) is 5.92 Å². The molecule has 0 saturated carbocycles. The summed E-state index contributed by atoms with van der Waals surface area (Å²) in [6, 6.07) is 10.3. The molecule has 0 unspecified atom stereocenters. The number of imidazole rings is 1. The van der Waals surface area contributed by atoms with Gasteiger partial charge in [-0.3, -0.25) is 18.9 Å². The molecule has 168 valence electrons. The van der Waals surface area contributed by atoms with Crippen LogP contribution in [0.15, 0.2) is 40.1 Å². The van der Waals surface area contributed by atoms with Crippen molar-refractivity contribution in [3.05, 3.63) is 57.0 Å². The summed E-state index contributed by atoms with van der Waals surface area (Å²) in [5.74, 6) is 3.40. The first-order chi connectivity index (χ1) is 16.0. The molecule has 0 aromatic carbocycles.